The summed E-state index contributed by atoms with van der Waals surface area (Å²) in [6.45, 7) is 6.44. The Bertz CT molecular complexity index is 1310. The van der Waals surface area contributed by atoms with Gasteiger partial charge in [0.25, 0.3) is 11.7 Å². The van der Waals surface area contributed by atoms with Crippen LogP contribution in [0, 0.1) is 6.92 Å². The number of carbonyl (C=O) groups is 2. The highest BCUT2D eigenvalue weighted by molar-refractivity contribution is 6.51. The van der Waals surface area contributed by atoms with Crippen LogP contribution in [0.25, 0.3) is 5.76 Å². The van der Waals surface area contributed by atoms with Gasteiger partial charge in [-0.05, 0) is 80.8 Å². The third-order valence-corrected chi connectivity index (χ3v) is 6.84. The van der Waals surface area contributed by atoms with Gasteiger partial charge in [0.1, 0.15) is 11.5 Å². The van der Waals surface area contributed by atoms with Crippen molar-refractivity contribution in [1.82, 2.24) is 0 Å². The van der Waals surface area contributed by atoms with E-state index in [9.17, 15) is 14.7 Å². The number of aliphatic hydroxyl groups excluding tert-OH is 1. The minimum absolute atomic E-state index is 0.0818. The maximum atomic E-state index is 13.4. The second kappa shape index (κ2) is 9.90. The first-order valence-corrected chi connectivity index (χ1v) is 12.4. The van der Waals surface area contributed by atoms with Gasteiger partial charge in [-0.25, -0.2) is 0 Å². The Balaban J connectivity index is 1.60. The molecule has 5 rings (SSSR count). The summed E-state index contributed by atoms with van der Waals surface area (Å²) in [5.74, 6) is -0.874. The Hall–Kier alpha value is -4.06. The van der Waals surface area contributed by atoms with E-state index < -0.39 is 17.7 Å². The average molecular weight is 483 g/mol. The molecule has 0 saturated carbocycles. The molecule has 2 aliphatic rings. The first kappa shape index (κ1) is 23.7. The molecule has 2 saturated heterocycles. The summed E-state index contributed by atoms with van der Waals surface area (Å²) in [5, 5.41) is 11.3. The van der Waals surface area contributed by atoms with Gasteiger partial charge in [-0.1, -0.05) is 29.8 Å². The number of anilines is 2. The highest BCUT2D eigenvalue weighted by Gasteiger charge is 2.47. The minimum atomic E-state index is -0.742. The van der Waals surface area contributed by atoms with Gasteiger partial charge in [0.15, 0.2) is 0 Å². The molecule has 0 spiro atoms. The fourth-order valence-electron chi connectivity index (χ4n) is 5.09. The third-order valence-electron chi connectivity index (χ3n) is 6.84. The standard InChI is InChI=1S/C30H30N2O4/c1-3-36-25-15-9-21(10-16-25)28(33)26-27(22-8-6-7-20(2)19-22)32(30(35)29(26)34)24-13-11-23(12-14-24)31-17-4-5-18-31/h6-16,19,27,33H,3-5,17-18H2,1-2H3/b28-26+. The van der Waals surface area contributed by atoms with Crippen molar-refractivity contribution >= 4 is 28.8 Å². The number of carbonyl (C=O) groups excluding carboxylic acids is 2. The summed E-state index contributed by atoms with van der Waals surface area (Å²) in [7, 11) is 0. The number of hydrogen-bond donors (Lipinski definition) is 1. The zero-order valence-corrected chi connectivity index (χ0v) is 20.6. The minimum Gasteiger partial charge on any atom is -0.507 e. The van der Waals surface area contributed by atoms with Crippen LogP contribution in [0.15, 0.2) is 78.4 Å². The van der Waals surface area contributed by atoms with Crippen LogP contribution < -0.4 is 14.5 Å². The van der Waals surface area contributed by atoms with E-state index in [1.807, 2.05) is 62.4 Å². The van der Waals surface area contributed by atoms with Crippen molar-refractivity contribution in [2.24, 2.45) is 0 Å². The van der Waals surface area contributed by atoms with Crippen molar-refractivity contribution < 1.29 is 19.4 Å². The van der Waals surface area contributed by atoms with E-state index in [2.05, 4.69) is 4.90 Å². The van der Waals surface area contributed by atoms with Crippen molar-refractivity contribution in [3.8, 4) is 5.75 Å². The Morgan fingerprint density at radius 3 is 2.25 bits per heavy atom. The largest absolute Gasteiger partial charge is 0.507 e. The predicted octanol–water partition coefficient (Wildman–Crippen LogP) is 5.62. The van der Waals surface area contributed by atoms with Gasteiger partial charge >= 0.3 is 0 Å². The fraction of sp³-hybridized carbons (Fsp3) is 0.267. The number of benzene rings is 3. The Kier molecular flexibility index (Phi) is 6.51. The lowest BCUT2D eigenvalue weighted by atomic mass is 9.94. The van der Waals surface area contributed by atoms with Gasteiger partial charge in [0, 0.05) is 30.0 Å². The van der Waals surface area contributed by atoms with Crippen LogP contribution in [0.4, 0.5) is 11.4 Å². The average Bonchev–Trinajstić information content (AvgIpc) is 3.52. The zero-order chi connectivity index (χ0) is 25.2. The van der Waals surface area contributed by atoms with Crippen LogP contribution in [0.1, 0.15) is 42.5 Å². The Morgan fingerprint density at radius 2 is 1.61 bits per heavy atom. The summed E-state index contributed by atoms with van der Waals surface area (Å²) in [6.07, 6.45) is 2.35. The Morgan fingerprint density at radius 1 is 0.944 bits per heavy atom. The van der Waals surface area contributed by atoms with E-state index in [1.165, 1.54) is 17.7 Å². The SMILES string of the molecule is CCOc1ccc(/C(O)=C2\C(=O)C(=O)N(c3ccc(N4CCCC4)cc3)C2c2cccc(C)c2)cc1. The summed E-state index contributed by atoms with van der Waals surface area (Å²) < 4.78 is 5.50. The molecule has 2 fully saturated rings. The van der Waals surface area contributed by atoms with Crippen LogP contribution in [-0.2, 0) is 9.59 Å². The molecule has 1 atom stereocenters. The van der Waals surface area contributed by atoms with Crippen LogP contribution in [0.3, 0.4) is 0 Å². The monoisotopic (exact) mass is 482 g/mol. The lowest BCUT2D eigenvalue weighted by Crippen LogP contribution is -2.29. The molecule has 1 unspecified atom stereocenters. The molecule has 36 heavy (non-hydrogen) atoms. The summed E-state index contributed by atoms with van der Waals surface area (Å²) >= 11 is 0. The molecule has 0 bridgehead atoms. The number of ketones is 1. The smallest absolute Gasteiger partial charge is 0.300 e. The van der Waals surface area contributed by atoms with E-state index in [0.29, 0.717) is 23.6 Å². The van der Waals surface area contributed by atoms with Crippen molar-refractivity contribution in [3.63, 3.8) is 0 Å². The number of rotatable bonds is 6. The molecule has 3 aromatic carbocycles. The molecular weight excluding hydrogens is 452 g/mol. The number of hydrogen-bond acceptors (Lipinski definition) is 5. The molecule has 3 aromatic rings. The van der Waals surface area contributed by atoms with E-state index in [4.69, 9.17) is 4.74 Å². The van der Waals surface area contributed by atoms with Crippen LogP contribution in [-0.4, -0.2) is 36.5 Å². The van der Waals surface area contributed by atoms with Gasteiger partial charge in [-0.2, -0.15) is 0 Å². The van der Waals surface area contributed by atoms with Crippen LogP contribution >= 0.6 is 0 Å². The van der Waals surface area contributed by atoms with Crippen molar-refractivity contribution in [2.45, 2.75) is 32.7 Å². The van der Waals surface area contributed by atoms with E-state index in [1.54, 1.807) is 24.3 Å². The van der Waals surface area contributed by atoms with Crippen molar-refractivity contribution in [2.75, 3.05) is 29.5 Å². The summed E-state index contributed by atoms with van der Waals surface area (Å²) in [4.78, 5) is 30.6. The molecule has 0 aliphatic carbocycles. The fourth-order valence-corrected chi connectivity index (χ4v) is 5.09. The molecule has 1 amide bonds. The molecular formula is C30H30N2O4. The number of amides is 1. The molecule has 1 N–H and O–H groups in total. The van der Waals surface area contributed by atoms with Gasteiger partial charge in [-0.3, -0.25) is 14.5 Å². The molecule has 0 radical (unpaired) electrons. The topological polar surface area (TPSA) is 70.1 Å². The first-order chi connectivity index (χ1) is 17.5. The van der Waals surface area contributed by atoms with E-state index >= 15 is 0 Å². The maximum absolute atomic E-state index is 13.4. The van der Waals surface area contributed by atoms with Gasteiger partial charge in [0.05, 0.1) is 18.2 Å². The summed E-state index contributed by atoms with van der Waals surface area (Å²) in [6, 6.07) is 21.6. The maximum Gasteiger partial charge on any atom is 0.300 e. The van der Waals surface area contributed by atoms with Crippen LogP contribution in [0.2, 0.25) is 0 Å². The van der Waals surface area contributed by atoms with Gasteiger partial charge in [0.2, 0.25) is 0 Å². The number of ether oxygens (including phenoxy) is 1. The van der Waals surface area contributed by atoms with E-state index in [0.717, 1.165) is 29.9 Å². The quantitative estimate of drug-likeness (QED) is 0.281. The third kappa shape index (κ3) is 4.35. The number of aliphatic hydroxyl groups is 1. The van der Waals surface area contributed by atoms with Gasteiger partial charge in [-0.15, -0.1) is 0 Å². The molecule has 6 nitrogen and oxygen atoms in total. The second-order valence-corrected chi connectivity index (χ2v) is 9.25. The van der Waals surface area contributed by atoms with Crippen molar-refractivity contribution in [3.05, 3.63) is 95.1 Å². The lowest BCUT2D eigenvalue weighted by molar-refractivity contribution is -0.132. The molecule has 0 aromatic heterocycles. The number of aryl methyl sites for hydroxylation is 1. The van der Waals surface area contributed by atoms with Gasteiger partial charge < -0.3 is 14.7 Å². The zero-order valence-electron chi connectivity index (χ0n) is 20.6. The number of nitrogens with zero attached hydrogens (tertiary/aromatic N) is 2. The lowest BCUT2D eigenvalue weighted by Gasteiger charge is -2.26. The normalized spacial score (nSPS) is 19.2. The highest BCUT2D eigenvalue weighted by atomic mass is 16.5. The second-order valence-electron chi connectivity index (χ2n) is 9.25. The Labute approximate surface area is 211 Å². The molecule has 184 valence electrons. The highest BCUT2D eigenvalue weighted by Crippen LogP contribution is 2.42. The molecule has 6 heteroatoms. The summed E-state index contributed by atoms with van der Waals surface area (Å²) in [5.41, 5.74) is 4.04. The number of Topliss-reactive ketones (excluding diaryl/α,β-unsaturated/α-hetero) is 1. The molecule has 2 aliphatic heterocycles. The van der Waals surface area contributed by atoms with E-state index in [-0.39, 0.29) is 11.3 Å². The predicted molar refractivity (Wildman–Crippen MR) is 141 cm³/mol. The van der Waals surface area contributed by atoms with Crippen LogP contribution in [0.5, 0.6) is 5.75 Å². The first-order valence-electron chi connectivity index (χ1n) is 12.4. The molecule has 2 heterocycles. The van der Waals surface area contributed by atoms with Crippen molar-refractivity contribution in [1.29, 1.82) is 0 Å².